The summed E-state index contributed by atoms with van der Waals surface area (Å²) >= 11 is 5.91. The lowest BCUT2D eigenvalue weighted by atomic mass is 9.84. The lowest BCUT2D eigenvalue weighted by Gasteiger charge is -2.40. The highest BCUT2D eigenvalue weighted by Crippen LogP contribution is 2.34. The summed E-state index contributed by atoms with van der Waals surface area (Å²) in [6.45, 7) is 4.22. The first-order chi connectivity index (χ1) is 10.1. The van der Waals surface area contributed by atoms with Crippen molar-refractivity contribution in [2.45, 2.75) is 25.4 Å². The van der Waals surface area contributed by atoms with Crippen molar-refractivity contribution in [3.05, 3.63) is 58.8 Å². The summed E-state index contributed by atoms with van der Waals surface area (Å²) in [5, 5.41) is 11.6. The molecule has 0 saturated carbocycles. The fourth-order valence-electron chi connectivity index (χ4n) is 2.76. The van der Waals surface area contributed by atoms with Crippen LogP contribution in [0.15, 0.2) is 48.2 Å². The second kappa shape index (κ2) is 7.12. The molecule has 0 amide bonds. The van der Waals surface area contributed by atoms with Crippen LogP contribution in [0.4, 0.5) is 0 Å². The number of likely N-dealkylation sites (tertiary alicyclic amines) is 1. The number of aliphatic hydroxyl groups is 1. The maximum absolute atomic E-state index is 10.9. The maximum Gasteiger partial charge on any atom is 0.0930 e. The Balaban J connectivity index is 2.05. The molecule has 0 unspecified atom stereocenters. The molecule has 0 radical (unpaired) electrons. The van der Waals surface area contributed by atoms with Gasteiger partial charge in [0.15, 0.2) is 0 Å². The number of hydrogen-bond acceptors (Lipinski definition) is 3. The fourth-order valence-corrected chi connectivity index (χ4v) is 2.88. The molecule has 1 aliphatic rings. The van der Waals surface area contributed by atoms with E-state index in [1.54, 1.807) is 0 Å². The molecule has 1 fully saturated rings. The third-order valence-corrected chi connectivity index (χ3v) is 4.31. The Labute approximate surface area is 131 Å². The van der Waals surface area contributed by atoms with Crippen molar-refractivity contribution in [2.75, 3.05) is 19.6 Å². The molecule has 1 heterocycles. The van der Waals surface area contributed by atoms with Gasteiger partial charge in [0.1, 0.15) is 0 Å². The highest BCUT2D eigenvalue weighted by atomic mass is 35.5. The molecular formula is C17H23ClN2O. The summed E-state index contributed by atoms with van der Waals surface area (Å²) in [4.78, 5) is 2.29. The first-order valence-electron chi connectivity index (χ1n) is 7.35. The van der Waals surface area contributed by atoms with Crippen LogP contribution >= 0.6 is 11.6 Å². The lowest BCUT2D eigenvalue weighted by Crippen LogP contribution is -2.41. The van der Waals surface area contributed by atoms with Crippen molar-refractivity contribution >= 4 is 11.6 Å². The second-order valence-electron chi connectivity index (χ2n) is 5.38. The average Bonchev–Trinajstić information content (AvgIpc) is 2.50. The van der Waals surface area contributed by atoms with E-state index in [1.807, 2.05) is 43.3 Å². The molecule has 2 rings (SSSR count). The maximum atomic E-state index is 10.9. The smallest absolute Gasteiger partial charge is 0.0930 e. The van der Waals surface area contributed by atoms with Crippen molar-refractivity contribution in [1.82, 2.24) is 4.90 Å². The van der Waals surface area contributed by atoms with Crippen LogP contribution in [0, 0.1) is 0 Å². The molecule has 1 aliphatic heterocycles. The molecule has 21 heavy (non-hydrogen) atoms. The third-order valence-electron chi connectivity index (χ3n) is 4.06. The van der Waals surface area contributed by atoms with Crippen molar-refractivity contribution in [3.63, 3.8) is 0 Å². The highest BCUT2D eigenvalue weighted by molar-refractivity contribution is 6.30. The van der Waals surface area contributed by atoms with E-state index in [-0.39, 0.29) is 0 Å². The van der Waals surface area contributed by atoms with Gasteiger partial charge < -0.3 is 15.7 Å². The molecule has 0 spiro atoms. The van der Waals surface area contributed by atoms with Gasteiger partial charge in [0, 0.05) is 30.4 Å². The number of piperidine rings is 1. The zero-order chi connectivity index (χ0) is 15.3. The van der Waals surface area contributed by atoms with Crippen LogP contribution in [-0.2, 0) is 5.60 Å². The number of allylic oxidation sites excluding steroid dienone is 2. The summed E-state index contributed by atoms with van der Waals surface area (Å²) in [5.74, 6) is 0. The molecule has 3 N–H and O–H groups in total. The second-order valence-corrected chi connectivity index (χ2v) is 5.81. The summed E-state index contributed by atoms with van der Waals surface area (Å²) in [6.07, 6.45) is 7.51. The topological polar surface area (TPSA) is 49.5 Å². The first-order valence-corrected chi connectivity index (χ1v) is 7.73. The number of nitrogens with two attached hydrogens (primary N) is 1. The quantitative estimate of drug-likeness (QED) is 0.841. The van der Waals surface area contributed by atoms with Gasteiger partial charge in [-0.05, 0) is 43.5 Å². The minimum Gasteiger partial charge on any atom is -0.385 e. The van der Waals surface area contributed by atoms with Crippen molar-refractivity contribution < 1.29 is 5.11 Å². The molecule has 0 aromatic heterocycles. The van der Waals surface area contributed by atoms with Gasteiger partial charge in [0.2, 0.25) is 0 Å². The van der Waals surface area contributed by atoms with Gasteiger partial charge in [-0.3, -0.25) is 0 Å². The molecule has 3 nitrogen and oxygen atoms in total. The number of benzene rings is 1. The van der Waals surface area contributed by atoms with E-state index < -0.39 is 5.60 Å². The fraction of sp³-hybridized carbons (Fsp3) is 0.412. The van der Waals surface area contributed by atoms with Crippen molar-refractivity contribution in [2.24, 2.45) is 5.73 Å². The molecule has 1 aromatic carbocycles. The minimum atomic E-state index is -0.752. The standard InChI is InChI=1S/C17H23ClN2O/c1-2-16(4-3-11-19)20-12-9-17(21,10-13-20)14-5-7-15(18)8-6-14/h2-8,21H,9-13,19H2,1H3/b4-3-,16-2+. The Bertz CT molecular complexity index is 514. The summed E-state index contributed by atoms with van der Waals surface area (Å²) in [7, 11) is 0. The Morgan fingerprint density at radius 1 is 1.33 bits per heavy atom. The molecule has 0 atom stereocenters. The van der Waals surface area contributed by atoms with Gasteiger partial charge in [0.05, 0.1) is 5.60 Å². The Hall–Kier alpha value is -1.29. The highest BCUT2D eigenvalue weighted by Gasteiger charge is 2.34. The monoisotopic (exact) mass is 306 g/mol. The van der Waals surface area contributed by atoms with E-state index in [0.717, 1.165) is 18.7 Å². The van der Waals surface area contributed by atoms with Crippen molar-refractivity contribution in [3.8, 4) is 0 Å². The van der Waals surface area contributed by atoms with E-state index in [2.05, 4.69) is 11.0 Å². The number of rotatable bonds is 4. The molecular weight excluding hydrogens is 284 g/mol. The Morgan fingerprint density at radius 3 is 2.48 bits per heavy atom. The van der Waals surface area contributed by atoms with E-state index in [0.29, 0.717) is 24.4 Å². The summed E-state index contributed by atoms with van der Waals surface area (Å²) in [6, 6.07) is 7.51. The largest absolute Gasteiger partial charge is 0.385 e. The summed E-state index contributed by atoms with van der Waals surface area (Å²) in [5.41, 5.74) is 6.87. The molecule has 114 valence electrons. The summed E-state index contributed by atoms with van der Waals surface area (Å²) < 4.78 is 0. The zero-order valence-corrected chi connectivity index (χ0v) is 13.2. The molecule has 0 aliphatic carbocycles. The van der Waals surface area contributed by atoms with Crippen LogP contribution in [0.2, 0.25) is 5.02 Å². The van der Waals surface area contributed by atoms with Crippen LogP contribution in [0.25, 0.3) is 0 Å². The van der Waals surface area contributed by atoms with Crippen LogP contribution in [0.1, 0.15) is 25.3 Å². The molecule has 4 heteroatoms. The number of halogens is 1. The van der Waals surface area contributed by atoms with Gasteiger partial charge in [-0.1, -0.05) is 35.9 Å². The van der Waals surface area contributed by atoms with Crippen molar-refractivity contribution in [1.29, 1.82) is 0 Å². The minimum absolute atomic E-state index is 0.542. The SMILES string of the molecule is C/C=C(\C=C/CN)N1CCC(O)(c2ccc(Cl)cc2)CC1. The van der Waals surface area contributed by atoms with Crippen LogP contribution in [-0.4, -0.2) is 29.6 Å². The zero-order valence-electron chi connectivity index (χ0n) is 12.4. The van der Waals surface area contributed by atoms with E-state index in [1.165, 1.54) is 5.70 Å². The Kier molecular flexibility index (Phi) is 5.45. The van der Waals surface area contributed by atoms with E-state index >= 15 is 0 Å². The van der Waals surface area contributed by atoms with Crippen LogP contribution < -0.4 is 5.73 Å². The van der Waals surface area contributed by atoms with E-state index in [9.17, 15) is 5.11 Å². The van der Waals surface area contributed by atoms with Gasteiger partial charge in [0.25, 0.3) is 0 Å². The molecule has 1 aromatic rings. The number of hydrogen-bond donors (Lipinski definition) is 2. The number of nitrogens with zero attached hydrogens (tertiary/aromatic N) is 1. The van der Waals surface area contributed by atoms with E-state index in [4.69, 9.17) is 17.3 Å². The van der Waals surface area contributed by atoms with Crippen LogP contribution in [0.3, 0.4) is 0 Å². The predicted octanol–water partition coefficient (Wildman–Crippen LogP) is 3.04. The third kappa shape index (κ3) is 3.88. The van der Waals surface area contributed by atoms with Gasteiger partial charge in [-0.2, -0.15) is 0 Å². The first kappa shape index (κ1) is 16.1. The molecule has 1 saturated heterocycles. The average molecular weight is 307 g/mol. The van der Waals surface area contributed by atoms with Gasteiger partial charge >= 0.3 is 0 Å². The normalized spacial score (nSPS) is 19.2. The predicted molar refractivity (Wildman–Crippen MR) is 88.1 cm³/mol. The Morgan fingerprint density at radius 2 is 1.95 bits per heavy atom. The molecule has 0 bridgehead atoms. The van der Waals surface area contributed by atoms with Gasteiger partial charge in [-0.15, -0.1) is 0 Å². The van der Waals surface area contributed by atoms with Gasteiger partial charge in [-0.25, -0.2) is 0 Å². The van der Waals surface area contributed by atoms with Crippen LogP contribution in [0.5, 0.6) is 0 Å². The lowest BCUT2D eigenvalue weighted by molar-refractivity contribution is -0.0178.